The van der Waals surface area contributed by atoms with E-state index in [1.54, 1.807) is 0 Å². The van der Waals surface area contributed by atoms with Crippen LogP contribution in [0.1, 0.15) is 30.5 Å². The van der Waals surface area contributed by atoms with Gasteiger partial charge < -0.3 is 5.73 Å². The molecule has 1 aromatic heterocycles. The van der Waals surface area contributed by atoms with E-state index in [4.69, 9.17) is 5.73 Å². The Morgan fingerprint density at radius 2 is 1.95 bits per heavy atom. The van der Waals surface area contributed by atoms with E-state index >= 15 is 0 Å². The first kappa shape index (κ1) is 12.3. The van der Waals surface area contributed by atoms with Crippen LogP contribution < -0.4 is 5.73 Å². The fourth-order valence-electron chi connectivity index (χ4n) is 2.74. The van der Waals surface area contributed by atoms with Crippen LogP contribution >= 0.6 is 0 Å². The quantitative estimate of drug-likeness (QED) is 0.914. The summed E-state index contributed by atoms with van der Waals surface area (Å²) < 4.78 is 1.81. The van der Waals surface area contributed by atoms with Crippen LogP contribution in [0.4, 0.5) is 5.82 Å². The van der Waals surface area contributed by atoms with Gasteiger partial charge in [-0.3, -0.25) is 4.68 Å². The predicted molar refractivity (Wildman–Crippen MR) is 78.8 cm³/mol. The van der Waals surface area contributed by atoms with Gasteiger partial charge >= 0.3 is 0 Å². The molecular formula is C16H21N3. The molecule has 0 aliphatic heterocycles. The Balaban J connectivity index is 2.00. The van der Waals surface area contributed by atoms with Gasteiger partial charge in [-0.15, -0.1) is 0 Å². The Labute approximate surface area is 114 Å². The molecule has 1 heterocycles. The lowest BCUT2D eigenvalue weighted by molar-refractivity contribution is 0.311. The fraction of sp³-hybridized carbons (Fsp3) is 0.438. The highest BCUT2D eigenvalue weighted by Crippen LogP contribution is 2.35. The first-order valence-corrected chi connectivity index (χ1v) is 7.03. The molecule has 0 radical (unpaired) electrons. The predicted octanol–water partition coefficient (Wildman–Crippen LogP) is 3.32. The van der Waals surface area contributed by atoms with E-state index in [1.165, 1.54) is 30.4 Å². The maximum absolute atomic E-state index is 6.21. The molecule has 1 aliphatic rings. The molecule has 0 amide bonds. The average Bonchev–Trinajstić information content (AvgIpc) is 2.62. The van der Waals surface area contributed by atoms with Crippen LogP contribution in [0.15, 0.2) is 24.3 Å². The zero-order chi connectivity index (χ0) is 13.4. The summed E-state index contributed by atoms with van der Waals surface area (Å²) in [5.74, 6) is 1.58. The van der Waals surface area contributed by atoms with Gasteiger partial charge in [-0.25, -0.2) is 0 Å². The third kappa shape index (κ3) is 2.25. The summed E-state index contributed by atoms with van der Waals surface area (Å²) in [7, 11) is 1.93. The van der Waals surface area contributed by atoms with E-state index in [0.29, 0.717) is 0 Å². The number of nitrogen functional groups attached to an aromatic ring is 1. The van der Waals surface area contributed by atoms with Crippen molar-refractivity contribution in [2.24, 2.45) is 13.0 Å². The maximum Gasteiger partial charge on any atom is 0.129 e. The molecular weight excluding hydrogens is 234 g/mol. The van der Waals surface area contributed by atoms with Gasteiger partial charge in [0, 0.05) is 12.6 Å². The molecule has 0 bridgehead atoms. The van der Waals surface area contributed by atoms with Crippen LogP contribution in [0.3, 0.4) is 0 Å². The standard InChI is InChI=1S/C16H21N3/c1-11-6-8-13(9-7-11)15-14(10-12-4-3-5-12)18-19(2)16(15)17/h6-9,12H,3-5,10,17H2,1-2H3. The van der Waals surface area contributed by atoms with Crippen molar-refractivity contribution in [3.63, 3.8) is 0 Å². The van der Waals surface area contributed by atoms with Gasteiger partial charge in [0.05, 0.1) is 5.69 Å². The molecule has 3 rings (SSSR count). The summed E-state index contributed by atoms with van der Waals surface area (Å²) in [6.07, 6.45) is 5.11. The molecule has 0 atom stereocenters. The lowest BCUT2D eigenvalue weighted by atomic mass is 9.81. The Morgan fingerprint density at radius 3 is 2.53 bits per heavy atom. The summed E-state index contributed by atoms with van der Waals surface area (Å²) in [6, 6.07) is 8.56. The molecule has 1 aliphatic carbocycles. The molecule has 0 spiro atoms. The van der Waals surface area contributed by atoms with Crippen LogP contribution in [-0.4, -0.2) is 9.78 Å². The van der Waals surface area contributed by atoms with Crippen LogP contribution in [0.5, 0.6) is 0 Å². The topological polar surface area (TPSA) is 43.8 Å². The Bertz CT molecular complexity index is 577. The minimum absolute atomic E-state index is 0.776. The zero-order valence-electron chi connectivity index (χ0n) is 11.7. The minimum atomic E-state index is 0.776. The van der Waals surface area contributed by atoms with E-state index in [-0.39, 0.29) is 0 Å². The minimum Gasteiger partial charge on any atom is -0.383 e. The van der Waals surface area contributed by atoms with Crippen LogP contribution in [0, 0.1) is 12.8 Å². The molecule has 1 aromatic carbocycles. The van der Waals surface area contributed by atoms with Crippen LogP contribution in [-0.2, 0) is 13.5 Å². The lowest BCUT2D eigenvalue weighted by Crippen LogP contribution is -2.14. The molecule has 0 unspecified atom stereocenters. The number of rotatable bonds is 3. The van der Waals surface area contributed by atoms with Crippen LogP contribution in [0.25, 0.3) is 11.1 Å². The second-order valence-electron chi connectivity index (χ2n) is 5.70. The second kappa shape index (κ2) is 4.72. The van der Waals surface area contributed by atoms with Crippen molar-refractivity contribution in [1.82, 2.24) is 9.78 Å². The summed E-state index contributed by atoms with van der Waals surface area (Å²) in [6.45, 7) is 2.10. The second-order valence-corrected chi connectivity index (χ2v) is 5.70. The lowest BCUT2D eigenvalue weighted by Gasteiger charge is -2.24. The van der Waals surface area contributed by atoms with E-state index in [2.05, 4.69) is 36.3 Å². The Morgan fingerprint density at radius 1 is 1.26 bits per heavy atom. The van der Waals surface area contributed by atoms with Gasteiger partial charge in [0.15, 0.2) is 0 Å². The van der Waals surface area contributed by atoms with Crippen molar-refractivity contribution in [2.45, 2.75) is 32.6 Å². The summed E-state index contributed by atoms with van der Waals surface area (Å²) >= 11 is 0. The van der Waals surface area contributed by atoms with E-state index < -0.39 is 0 Å². The number of hydrogen-bond acceptors (Lipinski definition) is 2. The fourth-order valence-corrected chi connectivity index (χ4v) is 2.74. The number of anilines is 1. The van der Waals surface area contributed by atoms with Crippen molar-refractivity contribution in [3.8, 4) is 11.1 Å². The van der Waals surface area contributed by atoms with Gasteiger partial charge in [0.1, 0.15) is 5.82 Å². The third-order valence-corrected chi connectivity index (χ3v) is 4.21. The molecule has 1 saturated carbocycles. The third-order valence-electron chi connectivity index (χ3n) is 4.21. The van der Waals surface area contributed by atoms with Crippen molar-refractivity contribution < 1.29 is 0 Å². The number of benzene rings is 1. The van der Waals surface area contributed by atoms with Gasteiger partial charge in [0.25, 0.3) is 0 Å². The Kier molecular flexibility index (Phi) is 3.05. The molecule has 2 N–H and O–H groups in total. The average molecular weight is 255 g/mol. The molecule has 3 heteroatoms. The van der Waals surface area contributed by atoms with Crippen molar-refractivity contribution in [3.05, 3.63) is 35.5 Å². The summed E-state index contributed by atoms with van der Waals surface area (Å²) in [5.41, 5.74) is 11.0. The van der Waals surface area contributed by atoms with Crippen molar-refractivity contribution in [1.29, 1.82) is 0 Å². The van der Waals surface area contributed by atoms with Gasteiger partial charge in [-0.1, -0.05) is 49.1 Å². The van der Waals surface area contributed by atoms with Crippen molar-refractivity contribution in [2.75, 3.05) is 5.73 Å². The summed E-state index contributed by atoms with van der Waals surface area (Å²) in [4.78, 5) is 0. The molecule has 3 nitrogen and oxygen atoms in total. The van der Waals surface area contributed by atoms with Gasteiger partial charge in [0.2, 0.25) is 0 Å². The number of nitrogens with two attached hydrogens (primary N) is 1. The number of nitrogens with zero attached hydrogens (tertiary/aromatic N) is 2. The molecule has 0 saturated heterocycles. The highest BCUT2D eigenvalue weighted by atomic mass is 15.3. The molecule has 2 aromatic rings. The zero-order valence-corrected chi connectivity index (χ0v) is 11.7. The Hall–Kier alpha value is -1.77. The molecule has 1 fully saturated rings. The monoisotopic (exact) mass is 255 g/mol. The first-order valence-electron chi connectivity index (χ1n) is 7.03. The highest BCUT2D eigenvalue weighted by Gasteiger charge is 2.23. The van der Waals surface area contributed by atoms with Crippen molar-refractivity contribution >= 4 is 5.82 Å². The summed E-state index contributed by atoms with van der Waals surface area (Å²) in [5, 5.41) is 4.62. The number of aryl methyl sites for hydroxylation is 2. The maximum atomic E-state index is 6.21. The SMILES string of the molecule is Cc1ccc(-c2c(CC3CCC3)nn(C)c2N)cc1. The smallest absolute Gasteiger partial charge is 0.129 e. The molecule has 19 heavy (non-hydrogen) atoms. The van der Waals surface area contributed by atoms with E-state index in [1.807, 2.05) is 11.7 Å². The van der Waals surface area contributed by atoms with Crippen LogP contribution in [0.2, 0.25) is 0 Å². The largest absolute Gasteiger partial charge is 0.383 e. The number of aromatic nitrogens is 2. The van der Waals surface area contributed by atoms with Gasteiger partial charge in [-0.2, -0.15) is 5.10 Å². The normalized spacial score (nSPS) is 15.5. The van der Waals surface area contributed by atoms with E-state index in [9.17, 15) is 0 Å². The molecule has 100 valence electrons. The van der Waals surface area contributed by atoms with Gasteiger partial charge in [-0.05, 0) is 24.8 Å². The number of hydrogen-bond donors (Lipinski definition) is 1. The highest BCUT2D eigenvalue weighted by molar-refractivity contribution is 5.76. The van der Waals surface area contributed by atoms with E-state index in [0.717, 1.165) is 29.4 Å². The first-order chi connectivity index (χ1) is 9.15.